The summed E-state index contributed by atoms with van der Waals surface area (Å²) in [6, 6.07) is 9.93. The molecule has 3 aromatic rings. The molecule has 134 valence electrons. The molecule has 9 nitrogen and oxygen atoms in total. The van der Waals surface area contributed by atoms with Gasteiger partial charge in [-0.15, -0.1) is 10.2 Å². The number of aromatic nitrogens is 6. The number of benzene rings is 1. The highest BCUT2D eigenvalue weighted by atomic mass is 16.5. The number of hydrogen-bond donors (Lipinski definition) is 2. The molecular formula is C17H20N8O. The van der Waals surface area contributed by atoms with Crippen LogP contribution in [0.25, 0.3) is 11.4 Å². The highest BCUT2D eigenvalue weighted by Gasteiger charge is 2.16. The Balaban J connectivity index is 1.60. The monoisotopic (exact) mass is 352 g/mol. The zero-order chi connectivity index (χ0) is 17.8. The molecule has 1 fully saturated rings. The van der Waals surface area contributed by atoms with Crippen LogP contribution >= 0.6 is 0 Å². The van der Waals surface area contributed by atoms with Gasteiger partial charge in [-0.25, -0.2) is 4.98 Å². The van der Waals surface area contributed by atoms with E-state index in [1.165, 1.54) is 0 Å². The lowest BCUT2D eigenvalue weighted by Gasteiger charge is -2.27. The Morgan fingerprint density at radius 3 is 2.81 bits per heavy atom. The lowest BCUT2D eigenvalue weighted by Crippen LogP contribution is -2.44. The highest BCUT2D eigenvalue weighted by Crippen LogP contribution is 2.21. The number of piperazine rings is 1. The second kappa shape index (κ2) is 7.44. The number of nitrogens with zero attached hydrogens (tertiary/aromatic N) is 6. The highest BCUT2D eigenvalue weighted by molar-refractivity contribution is 5.55. The zero-order valence-electron chi connectivity index (χ0n) is 14.5. The van der Waals surface area contributed by atoms with Crippen molar-refractivity contribution in [3.05, 3.63) is 41.6 Å². The number of nitrogens with one attached hydrogen (secondary N) is 2. The predicted molar refractivity (Wildman–Crippen MR) is 96.1 cm³/mol. The van der Waals surface area contributed by atoms with Crippen molar-refractivity contribution in [1.82, 2.24) is 35.9 Å². The second-order valence-corrected chi connectivity index (χ2v) is 6.05. The minimum Gasteiger partial charge on any atom is -0.481 e. The standard InChI is InChI=1S/C17H20N8O/c1-26-15-11-14(19-17(20-15)25-7-5-18-6-8-25)10-12-3-2-4-13(9-12)16-21-23-24-22-16/h2-4,9,11,18H,5-8,10H2,1H3,(H,21,22,23,24). The van der Waals surface area contributed by atoms with E-state index in [0.717, 1.165) is 48.9 Å². The van der Waals surface area contributed by atoms with Crippen LogP contribution in [0, 0.1) is 0 Å². The van der Waals surface area contributed by atoms with Crippen molar-refractivity contribution in [2.45, 2.75) is 6.42 Å². The maximum Gasteiger partial charge on any atom is 0.228 e. The fourth-order valence-electron chi connectivity index (χ4n) is 2.97. The molecule has 0 amide bonds. The fraction of sp³-hybridized carbons (Fsp3) is 0.353. The van der Waals surface area contributed by atoms with Crippen LogP contribution in [0.1, 0.15) is 11.3 Å². The Bertz CT molecular complexity index is 861. The minimum atomic E-state index is 0.577. The second-order valence-electron chi connectivity index (χ2n) is 6.05. The summed E-state index contributed by atoms with van der Waals surface area (Å²) in [6.07, 6.45) is 0.670. The molecule has 0 aliphatic carbocycles. The summed E-state index contributed by atoms with van der Waals surface area (Å²) in [5.74, 6) is 1.88. The lowest BCUT2D eigenvalue weighted by molar-refractivity contribution is 0.395. The molecule has 9 heteroatoms. The van der Waals surface area contributed by atoms with Gasteiger partial charge >= 0.3 is 0 Å². The van der Waals surface area contributed by atoms with Gasteiger partial charge in [-0.3, -0.25) is 0 Å². The van der Waals surface area contributed by atoms with Gasteiger partial charge in [0.15, 0.2) is 0 Å². The number of hydrogen-bond acceptors (Lipinski definition) is 8. The zero-order valence-corrected chi connectivity index (χ0v) is 14.5. The van der Waals surface area contributed by atoms with Gasteiger partial charge in [0.1, 0.15) is 0 Å². The number of ether oxygens (including phenoxy) is 1. The molecule has 0 unspecified atom stereocenters. The van der Waals surface area contributed by atoms with E-state index in [1.807, 2.05) is 24.3 Å². The SMILES string of the molecule is COc1cc(Cc2cccc(-c3nn[nH]n3)c2)nc(N2CCNCC2)n1. The summed E-state index contributed by atoms with van der Waals surface area (Å²) in [7, 11) is 1.63. The maximum absolute atomic E-state index is 5.38. The molecule has 1 aliphatic rings. The van der Waals surface area contributed by atoms with Crippen molar-refractivity contribution >= 4 is 5.95 Å². The van der Waals surface area contributed by atoms with Gasteiger partial charge in [0.25, 0.3) is 0 Å². The van der Waals surface area contributed by atoms with Crippen molar-refractivity contribution in [1.29, 1.82) is 0 Å². The third-order valence-corrected chi connectivity index (χ3v) is 4.27. The first-order valence-corrected chi connectivity index (χ1v) is 8.52. The lowest BCUT2D eigenvalue weighted by atomic mass is 10.1. The number of aromatic amines is 1. The normalized spacial score (nSPS) is 14.4. The third-order valence-electron chi connectivity index (χ3n) is 4.27. The number of H-pyrrole nitrogens is 1. The Morgan fingerprint density at radius 1 is 1.15 bits per heavy atom. The van der Waals surface area contributed by atoms with E-state index >= 15 is 0 Å². The first-order valence-electron chi connectivity index (χ1n) is 8.52. The van der Waals surface area contributed by atoms with E-state index in [1.54, 1.807) is 7.11 Å². The smallest absolute Gasteiger partial charge is 0.228 e. The average Bonchev–Trinajstić information content (AvgIpc) is 3.23. The summed E-state index contributed by atoms with van der Waals surface area (Å²) >= 11 is 0. The van der Waals surface area contributed by atoms with Crippen molar-refractivity contribution in [2.75, 3.05) is 38.2 Å². The first kappa shape index (κ1) is 16.4. The maximum atomic E-state index is 5.38. The molecule has 0 atom stereocenters. The molecule has 1 aliphatic heterocycles. The van der Waals surface area contributed by atoms with Crippen LogP contribution in [0.3, 0.4) is 0 Å². The van der Waals surface area contributed by atoms with Crippen molar-refractivity contribution in [3.63, 3.8) is 0 Å². The van der Waals surface area contributed by atoms with Gasteiger partial charge in [0.2, 0.25) is 17.7 Å². The van der Waals surface area contributed by atoms with E-state index in [4.69, 9.17) is 9.72 Å². The molecule has 1 saturated heterocycles. The van der Waals surface area contributed by atoms with Gasteiger partial charge < -0.3 is 15.0 Å². The molecular weight excluding hydrogens is 332 g/mol. The molecule has 0 saturated carbocycles. The van der Waals surface area contributed by atoms with Crippen molar-refractivity contribution < 1.29 is 4.74 Å². The van der Waals surface area contributed by atoms with E-state index in [0.29, 0.717) is 18.1 Å². The van der Waals surface area contributed by atoms with E-state index < -0.39 is 0 Å². The summed E-state index contributed by atoms with van der Waals surface area (Å²) < 4.78 is 5.38. The fourth-order valence-corrected chi connectivity index (χ4v) is 2.97. The van der Waals surface area contributed by atoms with E-state index in [2.05, 4.69) is 41.9 Å². The van der Waals surface area contributed by atoms with Crippen LogP contribution in [-0.2, 0) is 6.42 Å². The van der Waals surface area contributed by atoms with Crippen LogP contribution in [0.5, 0.6) is 5.88 Å². The quantitative estimate of drug-likeness (QED) is 0.690. The van der Waals surface area contributed by atoms with Gasteiger partial charge in [0, 0.05) is 44.2 Å². The van der Waals surface area contributed by atoms with Gasteiger partial charge in [-0.05, 0) is 16.8 Å². The Labute approximate surface area is 150 Å². The molecule has 3 heterocycles. The number of anilines is 1. The molecule has 2 N–H and O–H groups in total. The Hall–Kier alpha value is -3.07. The number of rotatable bonds is 5. The third kappa shape index (κ3) is 3.62. The topological polar surface area (TPSA) is 105 Å². The molecule has 1 aromatic carbocycles. The van der Waals surface area contributed by atoms with E-state index in [-0.39, 0.29) is 0 Å². The van der Waals surface area contributed by atoms with Gasteiger partial charge in [0.05, 0.1) is 12.8 Å². The van der Waals surface area contributed by atoms with Crippen LogP contribution in [-0.4, -0.2) is 63.9 Å². The summed E-state index contributed by atoms with van der Waals surface area (Å²) in [6.45, 7) is 3.64. The first-order chi connectivity index (χ1) is 12.8. The van der Waals surface area contributed by atoms with Crippen molar-refractivity contribution in [2.24, 2.45) is 0 Å². The Kier molecular flexibility index (Phi) is 4.69. The summed E-state index contributed by atoms with van der Waals surface area (Å²) in [5, 5.41) is 17.5. The average molecular weight is 352 g/mol. The van der Waals surface area contributed by atoms with Crippen LogP contribution in [0.4, 0.5) is 5.95 Å². The molecule has 0 spiro atoms. The van der Waals surface area contributed by atoms with Gasteiger partial charge in [-0.1, -0.05) is 18.2 Å². The summed E-state index contributed by atoms with van der Waals surface area (Å²) in [4.78, 5) is 11.4. The van der Waals surface area contributed by atoms with E-state index in [9.17, 15) is 0 Å². The minimum absolute atomic E-state index is 0.577. The molecule has 0 radical (unpaired) electrons. The van der Waals surface area contributed by atoms with Crippen LogP contribution < -0.4 is 15.0 Å². The number of methoxy groups -OCH3 is 1. The largest absolute Gasteiger partial charge is 0.481 e. The summed E-state index contributed by atoms with van der Waals surface area (Å²) in [5.41, 5.74) is 2.94. The Morgan fingerprint density at radius 2 is 2.04 bits per heavy atom. The number of tetrazole rings is 1. The van der Waals surface area contributed by atoms with Gasteiger partial charge in [-0.2, -0.15) is 10.2 Å². The molecule has 0 bridgehead atoms. The molecule has 26 heavy (non-hydrogen) atoms. The van der Waals surface area contributed by atoms with Crippen LogP contribution in [0.15, 0.2) is 30.3 Å². The molecule has 2 aromatic heterocycles. The van der Waals surface area contributed by atoms with Crippen molar-refractivity contribution in [3.8, 4) is 17.3 Å². The van der Waals surface area contributed by atoms with Crippen LogP contribution in [0.2, 0.25) is 0 Å². The predicted octanol–water partition coefficient (Wildman–Crippen LogP) is 0.666. The molecule has 4 rings (SSSR count).